The molecule has 2 aromatic rings. The van der Waals surface area contributed by atoms with Gasteiger partial charge in [0.25, 0.3) is 0 Å². The molecule has 2 aromatic carbocycles. The van der Waals surface area contributed by atoms with E-state index in [-0.39, 0.29) is 5.02 Å². The summed E-state index contributed by atoms with van der Waals surface area (Å²) >= 11 is 5.89. The Labute approximate surface area is 188 Å². The first kappa shape index (κ1) is 22.4. The van der Waals surface area contributed by atoms with Gasteiger partial charge in [0.15, 0.2) is 21.3 Å². The molecule has 168 valence electrons. The third-order valence-corrected chi connectivity index (χ3v) is 8.97. The highest BCUT2D eigenvalue weighted by Gasteiger charge is 2.39. The van der Waals surface area contributed by atoms with Gasteiger partial charge in [-0.15, -0.1) is 0 Å². The van der Waals surface area contributed by atoms with Crippen LogP contribution < -0.4 is 9.47 Å². The van der Waals surface area contributed by atoms with Gasteiger partial charge in [0.1, 0.15) is 5.82 Å². The van der Waals surface area contributed by atoms with Crippen molar-refractivity contribution in [3.63, 3.8) is 0 Å². The summed E-state index contributed by atoms with van der Waals surface area (Å²) in [7, 11) is -0.308. The lowest BCUT2D eigenvalue weighted by Crippen LogP contribution is -2.35. The van der Waals surface area contributed by atoms with Crippen LogP contribution in [0.25, 0.3) is 0 Å². The number of hydrogen-bond acceptors (Lipinski definition) is 5. The van der Waals surface area contributed by atoms with E-state index in [9.17, 15) is 12.8 Å². The van der Waals surface area contributed by atoms with Crippen molar-refractivity contribution in [1.82, 2.24) is 4.90 Å². The van der Waals surface area contributed by atoms with Crippen molar-refractivity contribution in [3.8, 4) is 11.5 Å². The second kappa shape index (κ2) is 8.96. The summed E-state index contributed by atoms with van der Waals surface area (Å²) in [4.78, 5) is 2.69. The summed E-state index contributed by atoms with van der Waals surface area (Å²) in [6.07, 6.45) is 3.08. The molecular weight excluding hydrogens is 441 g/mol. The van der Waals surface area contributed by atoms with Crippen molar-refractivity contribution < 1.29 is 22.3 Å². The molecule has 8 heteroatoms. The van der Waals surface area contributed by atoms with Crippen LogP contribution in [0.15, 0.2) is 35.2 Å². The van der Waals surface area contributed by atoms with Gasteiger partial charge in [0.05, 0.1) is 29.4 Å². The van der Waals surface area contributed by atoms with Crippen molar-refractivity contribution in [2.75, 3.05) is 27.3 Å². The fourth-order valence-corrected chi connectivity index (χ4v) is 6.99. The Balaban J connectivity index is 1.38. The summed E-state index contributed by atoms with van der Waals surface area (Å²) in [5.74, 6) is 0.968. The van der Waals surface area contributed by atoms with Gasteiger partial charge in [-0.25, -0.2) is 12.8 Å². The molecule has 31 heavy (non-hydrogen) atoms. The van der Waals surface area contributed by atoms with Gasteiger partial charge in [-0.3, -0.25) is 4.90 Å². The maximum atomic E-state index is 13.4. The number of methoxy groups -OCH3 is 2. The fraction of sp³-hybridized carbons (Fsp3) is 0.478. The molecule has 0 spiro atoms. The van der Waals surface area contributed by atoms with Gasteiger partial charge in [0, 0.05) is 12.6 Å². The molecule has 5 nitrogen and oxygen atoms in total. The van der Waals surface area contributed by atoms with Crippen LogP contribution in [0.5, 0.6) is 11.5 Å². The fourth-order valence-electron chi connectivity index (χ4n) is 4.72. The minimum atomic E-state index is -3.37. The smallest absolute Gasteiger partial charge is 0.181 e. The van der Waals surface area contributed by atoms with E-state index in [4.69, 9.17) is 21.1 Å². The second-order valence-electron chi connectivity index (χ2n) is 8.39. The standard InChI is InChI=1S/C23H27ClFNO4S/c1-29-21-12-17-11-18(31(27,28)23(17)13-22(21)30-2)9-15-5-7-26(8-6-15)14-16-3-4-20(25)19(24)10-16/h3-4,10,12-13,15,18H,5-9,11,14H2,1-2H3. The van der Waals surface area contributed by atoms with Crippen LogP contribution in [0.3, 0.4) is 0 Å². The van der Waals surface area contributed by atoms with Crippen molar-refractivity contribution in [2.45, 2.75) is 42.4 Å². The van der Waals surface area contributed by atoms with Crippen LogP contribution in [-0.2, 0) is 22.8 Å². The molecule has 2 heterocycles. The number of likely N-dealkylation sites (tertiary alicyclic amines) is 1. The largest absolute Gasteiger partial charge is 0.493 e. The van der Waals surface area contributed by atoms with Gasteiger partial charge >= 0.3 is 0 Å². The predicted octanol–water partition coefficient (Wildman–Crippen LogP) is 4.50. The molecule has 4 rings (SSSR count). The first-order valence-corrected chi connectivity index (χ1v) is 12.4. The minimum absolute atomic E-state index is 0.145. The minimum Gasteiger partial charge on any atom is -0.493 e. The number of halogens is 2. The zero-order valence-electron chi connectivity index (χ0n) is 17.7. The summed E-state index contributed by atoms with van der Waals surface area (Å²) in [6.45, 7) is 2.50. The highest BCUT2D eigenvalue weighted by molar-refractivity contribution is 7.92. The Morgan fingerprint density at radius 2 is 1.77 bits per heavy atom. The van der Waals surface area contributed by atoms with E-state index in [2.05, 4.69) is 4.90 Å². The Morgan fingerprint density at radius 3 is 2.42 bits per heavy atom. The molecule has 1 saturated heterocycles. The van der Waals surface area contributed by atoms with Crippen molar-refractivity contribution in [3.05, 3.63) is 52.3 Å². The van der Waals surface area contributed by atoms with E-state index in [1.54, 1.807) is 31.4 Å². The topological polar surface area (TPSA) is 55.8 Å². The quantitative estimate of drug-likeness (QED) is 0.626. The summed E-state index contributed by atoms with van der Waals surface area (Å²) < 4.78 is 50.3. The number of hydrogen-bond donors (Lipinski definition) is 0. The summed E-state index contributed by atoms with van der Waals surface area (Å²) in [5, 5.41) is -0.251. The van der Waals surface area contributed by atoms with E-state index in [0.717, 1.165) is 43.6 Å². The maximum absolute atomic E-state index is 13.4. The maximum Gasteiger partial charge on any atom is 0.181 e. The Bertz CT molecular complexity index is 1070. The van der Waals surface area contributed by atoms with Gasteiger partial charge in [-0.05, 0) is 74.0 Å². The molecule has 2 aliphatic heterocycles. The molecule has 1 atom stereocenters. The van der Waals surface area contributed by atoms with Crippen LogP contribution in [0.2, 0.25) is 5.02 Å². The molecule has 0 saturated carbocycles. The molecule has 0 N–H and O–H groups in total. The zero-order valence-corrected chi connectivity index (χ0v) is 19.3. The summed E-state index contributed by atoms with van der Waals surface area (Å²) in [5.41, 5.74) is 1.80. The lowest BCUT2D eigenvalue weighted by Gasteiger charge is -2.33. The third kappa shape index (κ3) is 4.54. The van der Waals surface area contributed by atoms with Crippen molar-refractivity contribution in [1.29, 1.82) is 0 Å². The number of fused-ring (bicyclic) bond motifs is 1. The lowest BCUT2D eigenvalue weighted by atomic mass is 9.90. The molecule has 1 fully saturated rings. The van der Waals surface area contributed by atoms with Gasteiger partial charge in [-0.2, -0.15) is 0 Å². The lowest BCUT2D eigenvalue weighted by molar-refractivity contribution is 0.171. The van der Waals surface area contributed by atoms with Crippen LogP contribution >= 0.6 is 11.6 Å². The Morgan fingerprint density at radius 1 is 1.10 bits per heavy atom. The van der Waals surface area contributed by atoms with E-state index in [0.29, 0.717) is 35.2 Å². The Kier molecular flexibility index (Phi) is 6.47. The normalized spacial score (nSPS) is 21.1. The highest BCUT2D eigenvalue weighted by Crippen LogP contribution is 2.41. The molecule has 0 aliphatic carbocycles. The monoisotopic (exact) mass is 467 g/mol. The first-order chi connectivity index (χ1) is 14.8. The average Bonchev–Trinajstić information content (AvgIpc) is 3.00. The van der Waals surface area contributed by atoms with Crippen molar-refractivity contribution >= 4 is 21.4 Å². The molecule has 0 bridgehead atoms. The summed E-state index contributed by atoms with van der Waals surface area (Å²) in [6, 6.07) is 8.23. The SMILES string of the molecule is COc1cc2c(cc1OC)S(=O)(=O)C(CC1CCN(Cc3ccc(F)c(Cl)c3)CC1)C2. The van der Waals surface area contributed by atoms with Gasteiger partial charge in [0.2, 0.25) is 0 Å². The van der Waals surface area contributed by atoms with Crippen LogP contribution in [0, 0.1) is 11.7 Å². The number of piperidine rings is 1. The second-order valence-corrected chi connectivity index (χ2v) is 11.0. The van der Waals surface area contributed by atoms with Crippen LogP contribution in [-0.4, -0.2) is 45.9 Å². The van der Waals surface area contributed by atoms with E-state index in [1.165, 1.54) is 13.2 Å². The first-order valence-electron chi connectivity index (χ1n) is 10.5. The average molecular weight is 468 g/mol. The number of nitrogens with zero attached hydrogens (tertiary/aromatic N) is 1. The van der Waals surface area contributed by atoms with E-state index in [1.807, 2.05) is 0 Å². The number of sulfone groups is 1. The van der Waals surface area contributed by atoms with Crippen LogP contribution in [0.4, 0.5) is 4.39 Å². The zero-order chi connectivity index (χ0) is 22.2. The van der Waals surface area contributed by atoms with E-state index >= 15 is 0 Å². The van der Waals surface area contributed by atoms with Crippen LogP contribution in [0.1, 0.15) is 30.4 Å². The van der Waals surface area contributed by atoms with Gasteiger partial charge < -0.3 is 9.47 Å². The Hall–Kier alpha value is -1.83. The van der Waals surface area contributed by atoms with Gasteiger partial charge in [-0.1, -0.05) is 17.7 Å². The number of ether oxygens (including phenoxy) is 2. The molecule has 0 aromatic heterocycles. The molecule has 0 radical (unpaired) electrons. The molecular formula is C23H27ClFNO4S. The van der Waals surface area contributed by atoms with Crippen molar-refractivity contribution in [2.24, 2.45) is 5.92 Å². The third-order valence-electron chi connectivity index (χ3n) is 6.45. The molecule has 1 unspecified atom stereocenters. The molecule has 0 amide bonds. The highest BCUT2D eigenvalue weighted by atomic mass is 35.5. The van der Waals surface area contributed by atoms with E-state index < -0.39 is 20.9 Å². The number of rotatable bonds is 6. The predicted molar refractivity (Wildman–Crippen MR) is 118 cm³/mol. The number of benzene rings is 2. The molecule has 2 aliphatic rings.